The second-order valence-corrected chi connectivity index (χ2v) is 2.58. The van der Waals surface area contributed by atoms with Gasteiger partial charge in [-0.05, 0) is 6.42 Å². The number of alkyl halides is 1. The van der Waals surface area contributed by atoms with Gasteiger partial charge in [0.1, 0.15) is 0 Å². The van der Waals surface area contributed by atoms with Crippen LogP contribution in [0, 0.1) is 0 Å². The largest absolute Gasteiger partial charge is 0.340 e. The highest BCUT2D eigenvalue weighted by atomic mass is 19.1. The normalized spacial score (nSPS) is 26.0. The summed E-state index contributed by atoms with van der Waals surface area (Å²) in [6, 6.07) is 0. The summed E-state index contributed by atoms with van der Waals surface area (Å²) in [5.74, 6) is -0.318. The number of rotatable bonds is 2. The van der Waals surface area contributed by atoms with Crippen molar-refractivity contribution in [2.45, 2.75) is 25.9 Å². The van der Waals surface area contributed by atoms with Crippen molar-refractivity contribution in [1.82, 2.24) is 4.90 Å². The van der Waals surface area contributed by atoms with Crippen LogP contribution in [-0.4, -0.2) is 30.1 Å². The van der Waals surface area contributed by atoms with Gasteiger partial charge < -0.3 is 4.90 Å². The van der Waals surface area contributed by atoms with Gasteiger partial charge in [-0.2, -0.15) is 0 Å². The van der Waals surface area contributed by atoms with Crippen molar-refractivity contribution in [3.8, 4) is 0 Å². The number of carbonyl (C=O) groups excluding carboxylic acids is 1. The van der Waals surface area contributed by atoms with Crippen molar-refractivity contribution in [3.05, 3.63) is 0 Å². The second kappa shape index (κ2) is 2.99. The standard InChI is InChI=1S/C7H12FNO/c1-2-4-9-5-3-6(8)7(9)10/h6H,2-5H2,1H3. The van der Waals surface area contributed by atoms with E-state index in [4.69, 9.17) is 0 Å². The highest BCUT2D eigenvalue weighted by molar-refractivity contribution is 5.82. The molecule has 10 heavy (non-hydrogen) atoms. The van der Waals surface area contributed by atoms with Gasteiger partial charge in [0.2, 0.25) is 0 Å². The molecule has 1 atom stereocenters. The smallest absolute Gasteiger partial charge is 0.257 e. The summed E-state index contributed by atoms with van der Waals surface area (Å²) in [5.41, 5.74) is 0. The quantitative estimate of drug-likeness (QED) is 0.567. The Hall–Kier alpha value is -0.600. The molecule has 0 radical (unpaired) electrons. The van der Waals surface area contributed by atoms with Crippen molar-refractivity contribution in [1.29, 1.82) is 0 Å². The van der Waals surface area contributed by atoms with Crippen LogP contribution in [0.3, 0.4) is 0 Å². The topological polar surface area (TPSA) is 20.3 Å². The zero-order valence-electron chi connectivity index (χ0n) is 6.14. The fourth-order valence-corrected chi connectivity index (χ4v) is 1.19. The third-order valence-corrected chi connectivity index (χ3v) is 1.73. The van der Waals surface area contributed by atoms with Gasteiger partial charge in [-0.3, -0.25) is 4.79 Å². The van der Waals surface area contributed by atoms with Crippen LogP contribution in [-0.2, 0) is 4.79 Å². The maximum absolute atomic E-state index is 12.5. The molecule has 1 fully saturated rings. The van der Waals surface area contributed by atoms with E-state index >= 15 is 0 Å². The summed E-state index contributed by atoms with van der Waals surface area (Å²) in [6.07, 6.45) is 0.0867. The molecule has 58 valence electrons. The maximum Gasteiger partial charge on any atom is 0.257 e. The van der Waals surface area contributed by atoms with E-state index in [9.17, 15) is 9.18 Å². The Morgan fingerprint density at radius 3 is 2.90 bits per heavy atom. The number of hydrogen-bond donors (Lipinski definition) is 0. The predicted octanol–water partition coefficient (Wildman–Crippen LogP) is 0.967. The van der Waals surface area contributed by atoms with Gasteiger partial charge in [0.25, 0.3) is 5.91 Å². The monoisotopic (exact) mass is 145 g/mol. The highest BCUT2D eigenvalue weighted by Crippen LogP contribution is 2.13. The maximum atomic E-state index is 12.5. The molecule has 0 spiro atoms. The van der Waals surface area contributed by atoms with Gasteiger partial charge in [-0.15, -0.1) is 0 Å². The van der Waals surface area contributed by atoms with Crippen LogP contribution in [0.1, 0.15) is 19.8 Å². The number of carbonyl (C=O) groups is 1. The molecule has 1 unspecified atom stereocenters. The third kappa shape index (κ3) is 1.28. The van der Waals surface area contributed by atoms with Crippen LogP contribution in [0.5, 0.6) is 0 Å². The van der Waals surface area contributed by atoms with E-state index in [2.05, 4.69) is 0 Å². The summed E-state index contributed by atoms with van der Waals surface area (Å²) < 4.78 is 12.5. The molecule has 1 aliphatic heterocycles. The average Bonchev–Trinajstić information content (AvgIpc) is 2.20. The van der Waals surface area contributed by atoms with E-state index in [1.807, 2.05) is 6.92 Å². The molecular weight excluding hydrogens is 133 g/mol. The van der Waals surface area contributed by atoms with Crippen molar-refractivity contribution in [2.75, 3.05) is 13.1 Å². The van der Waals surface area contributed by atoms with Crippen LogP contribution in [0.15, 0.2) is 0 Å². The third-order valence-electron chi connectivity index (χ3n) is 1.73. The summed E-state index contributed by atoms with van der Waals surface area (Å²) >= 11 is 0. The minimum Gasteiger partial charge on any atom is -0.340 e. The first-order chi connectivity index (χ1) is 4.75. The van der Waals surface area contributed by atoms with Crippen molar-refractivity contribution in [2.24, 2.45) is 0 Å². The van der Waals surface area contributed by atoms with Gasteiger partial charge >= 0.3 is 0 Å². The molecule has 0 aliphatic carbocycles. The number of likely N-dealkylation sites (tertiary alicyclic amines) is 1. The Kier molecular flexibility index (Phi) is 2.25. The van der Waals surface area contributed by atoms with Gasteiger partial charge in [0.05, 0.1) is 0 Å². The second-order valence-electron chi connectivity index (χ2n) is 2.58. The van der Waals surface area contributed by atoms with E-state index in [-0.39, 0.29) is 5.91 Å². The van der Waals surface area contributed by atoms with E-state index < -0.39 is 6.17 Å². The summed E-state index contributed by atoms with van der Waals surface area (Å²) in [4.78, 5) is 12.4. The molecule has 1 saturated heterocycles. The molecule has 0 saturated carbocycles. The van der Waals surface area contributed by atoms with E-state index in [1.165, 1.54) is 0 Å². The molecule has 0 aromatic rings. The molecule has 1 heterocycles. The molecule has 0 aromatic carbocycles. The van der Waals surface area contributed by atoms with Gasteiger partial charge in [0, 0.05) is 19.5 Å². The average molecular weight is 145 g/mol. The lowest BCUT2D eigenvalue weighted by molar-refractivity contribution is -0.131. The van der Waals surface area contributed by atoms with Crippen molar-refractivity contribution < 1.29 is 9.18 Å². The Balaban J connectivity index is 2.41. The first kappa shape index (κ1) is 7.51. The zero-order valence-corrected chi connectivity index (χ0v) is 6.14. The molecule has 0 bridgehead atoms. The van der Waals surface area contributed by atoms with E-state index in [1.54, 1.807) is 4.90 Å². The number of amides is 1. The number of hydrogen-bond acceptors (Lipinski definition) is 1. The van der Waals surface area contributed by atoms with Crippen LogP contribution in [0.25, 0.3) is 0 Å². The first-order valence-corrected chi connectivity index (χ1v) is 3.68. The van der Waals surface area contributed by atoms with Gasteiger partial charge in [0.15, 0.2) is 6.17 Å². The lowest BCUT2D eigenvalue weighted by Crippen LogP contribution is -2.28. The predicted molar refractivity (Wildman–Crippen MR) is 36.4 cm³/mol. The van der Waals surface area contributed by atoms with Gasteiger partial charge in [-0.25, -0.2) is 4.39 Å². The molecule has 0 N–H and O–H groups in total. The molecule has 1 amide bonds. The van der Waals surface area contributed by atoms with E-state index in [0.717, 1.165) is 6.42 Å². The molecular formula is C7H12FNO. The Morgan fingerprint density at radius 2 is 2.50 bits per heavy atom. The number of nitrogens with zero attached hydrogens (tertiary/aromatic N) is 1. The Morgan fingerprint density at radius 1 is 1.80 bits per heavy atom. The summed E-state index contributed by atoms with van der Waals surface area (Å²) in [5, 5.41) is 0. The lowest BCUT2D eigenvalue weighted by atomic mass is 10.3. The van der Waals surface area contributed by atoms with Crippen molar-refractivity contribution >= 4 is 5.91 Å². The van der Waals surface area contributed by atoms with Crippen molar-refractivity contribution in [3.63, 3.8) is 0 Å². The lowest BCUT2D eigenvalue weighted by Gasteiger charge is -2.12. The molecule has 0 aromatic heterocycles. The summed E-state index contributed by atoms with van der Waals surface area (Å²) in [6.45, 7) is 3.30. The fourth-order valence-electron chi connectivity index (χ4n) is 1.19. The van der Waals surface area contributed by atoms with E-state index in [0.29, 0.717) is 19.5 Å². The van der Waals surface area contributed by atoms with Crippen LogP contribution < -0.4 is 0 Å². The first-order valence-electron chi connectivity index (χ1n) is 3.68. The minimum absolute atomic E-state index is 0.318. The Labute approximate surface area is 60.0 Å². The summed E-state index contributed by atoms with van der Waals surface area (Å²) in [7, 11) is 0. The molecule has 3 heteroatoms. The van der Waals surface area contributed by atoms with Crippen LogP contribution in [0.2, 0.25) is 0 Å². The van der Waals surface area contributed by atoms with Gasteiger partial charge in [-0.1, -0.05) is 6.92 Å². The molecule has 2 nitrogen and oxygen atoms in total. The Bertz CT molecular complexity index is 136. The molecule has 1 aliphatic rings. The van der Waals surface area contributed by atoms with Crippen LogP contribution in [0.4, 0.5) is 4.39 Å². The number of halogens is 1. The molecule has 1 rings (SSSR count). The zero-order chi connectivity index (χ0) is 7.56. The highest BCUT2D eigenvalue weighted by Gasteiger charge is 2.30. The minimum atomic E-state index is -1.22. The SMILES string of the molecule is CCCN1CCC(F)C1=O. The van der Waals surface area contributed by atoms with Crippen LogP contribution >= 0.6 is 0 Å². The fraction of sp³-hybridized carbons (Fsp3) is 0.857.